The summed E-state index contributed by atoms with van der Waals surface area (Å²) in [5, 5.41) is 43.7. The summed E-state index contributed by atoms with van der Waals surface area (Å²) in [6.45, 7) is 14.0. The third-order valence-electron chi connectivity index (χ3n) is 11.1. The van der Waals surface area contributed by atoms with Crippen molar-refractivity contribution in [2.45, 2.75) is 104 Å². The van der Waals surface area contributed by atoms with Crippen molar-refractivity contribution in [3.63, 3.8) is 0 Å². The molecule has 37 heavy (non-hydrogen) atoms. The van der Waals surface area contributed by atoms with E-state index in [4.69, 9.17) is 0 Å². The maximum atomic E-state index is 14.2. The monoisotopic (exact) mass is 516 g/mol. The number of carbonyl (C=O) groups excluding carboxylic acids is 3. The van der Waals surface area contributed by atoms with Crippen LogP contribution in [0.15, 0.2) is 23.8 Å². The second kappa shape index (κ2) is 8.17. The van der Waals surface area contributed by atoms with Gasteiger partial charge in [-0.3, -0.25) is 14.4 Å². The van der Waals surface area contributed by atoms with Gasteiger partial charge in [0.05, 0.1) is 11.7 Å². The number of hydrogen-bond acceptors (Lipinski definition) is 7. The van der Waals surface area contributed by atoms with E-state index in [2.05, 4.69) is 13.0 Å². The average Bonchev–Trinajstić information content (AvgIpc) is 2.96. The maximum absolute atomic E-state index is 14.2. The molecule has 7 nitrogen and oxygen atoms in total. The fourth-order valence-electron chi connectivity index (χ4n) is 9.00. The Morgan fingerprint density at radius 1 is 1.03 bits per heavy atom. The first-order valence-corrected chi connectivity index (χ1v) is 13.5. The molecular weight excluding hydrogens is 472 g/mol. The predicted octanol–water partition coefficient (Wildman–Crippen LogP) is 2.93. The lowest BCUT2D eigenvalue weighted by molar-refractivity contribution is -0.183. The van der Waals surface area contributed by atoms with Crippen LogP contribution in [0.4, 0.5) is 0 Å². The van der Waals surface area contributed by atoms with Crippen LogP contribution in [0.3, 0.4) is 0 Å². The van der Waals surface area contributed by atoms with Gasteiger partial charge in [0.2, 0.25) is 0 Å². The predicted molar refractivity (Wildman–Crippen MR) is 138 cm³/mol. The molecule has 0 spiro atoms. The van der Waals surface area contributed by atoms with Gasteiger partial charge in [-0.2, -0.15) is 0 Å². The van der Waals surface area contributed by atoms with Gasteiger partial charge in [0, 0.05) is 23.2 Å². The summed E-state index contributed by atoms with van der Waals surface area (Å²) < 4.78 is 0. The number of aliphatic hydroxyl groups excluding tert-OH is 2. The Balaban J connectivity index is 1.80. The Labute approximate surface area is 220 Å². The van der Waals surface area contributed by atoms with Gasteiger partial charge < -0.3 is 20.4 Å². The highest BCUT2D eigenvalue weighted by Gasteiger charge is 2.74. The van der Waals surface area contributed by atoms with Crippen molar-refractivity contribution in [1.82, 2.24) is 0 Å². The highest BCUT2D eigenvalue weighted by atomic mass is 16.3. The van der Waals surface area contributed by atoms with Gasteiger partial charge in [-0.1, -0.05) is 38.5 Å². The molecule has 4 rings (SSSR count). The lowest BCUT2D eigenvalue weighted by Crippen LogP contribution is -2.65. The van der Waals surface area contributed by atoms with Crippen molar-refractivity contribution in [3.8, 4) is 0 Å². The van der Waals surface area contributed by atoms with Gasteiger partial charge in [-0.25, -0.2) is 0 Å². The molecule has 206 valence electrons. The van der Waals surface area contributed by atoms with E-state index in [-0.39, 0.29) is 36.2 Å². The summed E-state index contributed by atoms with van der Waals surface area (Å²) in [6, 6.07) is 0. The van der Waals surface area contributed by atoms with Crippen LogP contribution in [0, 0.1) is 39.4 Å². The zero-order chi connectivity index (χ0) is 28.1. The van der Waals surface area contributed by atoms with E-state index in [1.165, 1.54) is 32.9 Å². The lowest BCUT2D eigenvalue weighted by atomic mass is 9.38. The fourth-order valence-corrected chi connectivity index (χ4v) is 9.00. The van der Waals surface area contributed by atoms with Crippen LogP contribution in [-0.2, 0) is 14.4 Å². The van der Waals surface area contributed by atoms with Gasteiger partial charge in [-0.05, 0) is 82.6 Å². The molecule has 0 aliphatic heterocycles. The Hall–Kier alpha value is -1.67. The van der Waals surface area contributed by atoms with Gasteiger partial charge in [0.25, 0.3) is 0 Å². The average molecular weight is 517 g/mol. The summed E-state index contributed by atoms with van der Waals surface area (Å²) in [7, 11) is 0. The largest absolute Gasteiger partial charge is 0.393 e. The Morgan fingerprint density at radius 2 is 1.62 bits per heavy atom. The number of fused-ring (bicyclic) bond motifs is 5. The summed E-state index contributed by atoms with van der Waals surface area (Å²) in [6.07, 6.45) is 3.54. The Kier molecular flexibility index (Phi) is 6.26. The minimum absolute atomic E-state index is 0.0141. The number of Topliss-reactive ketones (excluding diaryl/α,β-unsaturated/α-hetero) is 2. The molecule has 0 bridgehead atoms. The van der Waals surface area contributed by atoms with Crippen LogP contribution in [-0.4, -0.2) is 61.2 Å². The molecule has 4 N–H and O–H groups in total. The molecule has 7 heteroatoms. The number of ketones is 3. The third kappa shape index (κ3) is 3.71. The molecule has 0 saturated heterocycles. The highest BCUT2D eigenvalue weighted by molar-refractivity contribution is 5.98. The SMILES string of the molecule is CC(C)(O)/C=C/C(=O)[C@@](C)(O)[C@H]1[C@@H](O)C[C@]2(C)[C@H]3CC=C4[C@@H](C[C@H](O)C(=O)C4(C)C)[C@@]3(C)C(=O)C[C@@]12C. The number of aliphatic hydroxyl groups is 4. The van der Waals surface area contributed by atoms with Crippen LogP contribution < -0.4 is 0 Å². The first-order valence-electron chi connectivity index (χ1n) is 13.5. The van der Waals surface area contributed by atoms with Crippen LogP contribution in [0.1, 0.15) is 81.1 Å². The first kappa shape index (κ1) is 28.3. The molecule has 3 saturated carbocycles. The second-order valence-corrected chi connectivity index (χ2v) is 14.2. The number of allylic oxidation sites excluding steroid dienone is 2. The Bertz CT molecular complexity index is 1090. The fraction of sp³-hybridized carbons (Fsp3) is 0.767. The minimum Gasteiger partial charge on any atom is -0.393 e. The third-order valence-corrected chi connectivity index (χ3v) is 11.1. The maximum Gasteiger partial charge on any atom is 0.187 e. The van der Waals surface area contributed by atoms with Crippen LogP contribution in [0.25, 0.3) is 0 Å². The quantitative estimate of drug-likeness (QED) is 0.334. The molecule has 9 atom stereocenters. The summed E-state index contributed by atoms with van der Waals surface area (Å²) in [4.78, 5) is 40.2. The molecule has 3 fully saturated rings. The number of rotatable bonds is 4. The number of hydrogen-bond donors (Lipinski definition) is 4. The van der Waals surface area contributed by atoms with Crippen molar-refractivity contribution >= 4 is 17.3 Å². The van der Waals surface area contributed by atoms with Gasteiger partial charge in [0.15, 0.2) is 11.6 Å². The molecular formula is C30H44O7. The second-order valence-electron chi connectivity index (χ2n) is 14.2. The van der Waals surface area contributed by atoms with Gasteiger partial charge in [-0.15, -0.1) is 0 Å². The van der Waals surface area contributed by atoms with Crippen LogP contribution in [0.5, 0.6) is 0 Å². The molecule has 0 unspecified atom stereocenters. The standard InChI is InChI=1S/C30H44O7/c1-25(2,36)12-11-21(33)30(8,37)23-19(32)14-27(5)20-10-9-16-17(13-18(31)24(35)26(16,3)4)29(20,7)22(34)15-28(23,27)6/h9,11-12,17-20,23,31-32,36-37H,10,13-15H2,1-8H3/b12-11+/t17-,18+,19+,20-,23+,27-,28+,29-,30-/m1/s1. The van der Waals surface area contributed by atoms with E-state index >= 15 is 0 Å². The minimum atomic E-state index is -1.95. The van der Waals surface area contributed by atoms with E-state index in [0.717, 1.165) is 5.57 Å². The van der Waals surface area contributed by atoms with Crippen LogP contribution >= 0.6 is 0 Å². The summed E-state index contributed by atoms with van der Waals surface area (Å²) in [5.74, 6) is -2.24. The van der Waals surface area contributed by atoms with Crippen LogP contribution in [0.2, 0.25) is 0 Å². The molecule has 4 aliphatic carbocycles. The smallest absolute Gasteiger partial charge is 0.187 e. The summed E-state index contributed by atoms with van der Waals surface area (Å²) >= 11 is 0. The number of carbonyl (C=O) groups is 3. The highest BCUT2D eigenvalue weighted by Crippen LogP contribution is 2.74. The molecule has 0 heterocycles. The van der Waals surface area contributed by atoms with E-state index in [1.54, 1.807) is 0 Å². The van der Waals surface area contributed by atoms with Crippen molar-refractivity contribution in [2.24, 2.45) is 39.4 Å². The van der Waals surface area contributed by atoms with E-state index < -0.39 is 56.8 Å². The summed E-state index contributed by atoms with van der Waals surface area (Å²) in [5.41, 5.74) is -5.46. The molecule has 4 aliphatic rings. The first-order chi connectivity index (χ1) is 16.7. The zero-order valence-electron chi connectivity index (χ0n) is 23.5. The lowest BCUT2D eigenvalue weighted by Gasteiger charge is -2.64. The van der Waals surface area contributed by atoms with E-state index in [0.29, 0.717) is 12.8 Å². The van der Waals surface area contributed by atoms with E-state index in [9.17, 15) is 34.8 Å². The van der Waals surface area contributed by atoms with Crippen molar-refractivity contribution < 1.29 is 34.8 Å². The molecule has 0 amide bonds. The molecule has 0 aromatic heterocycles. The Morgan fingerprint density at radius 3 is 2.19 bits per heavy atom. The van der Waals surface area contributed by atoms with Gasteiger partial charge in [0.1, 0.15) is 17.5 Å². The van der Waals surface area contributed by atoms with Crippen molar-refractivity contribution in [3.05, 3.63) is 23.8 Å². The van der Waals surface area contributed by atoms with Gasteiger partial charge >= 0.3 is 0 Å². The molecule has 0 aromatic rings. The normalized spacial score (nSPS) is 45.1. The van der Waals surface area contributed by atoms with Crippen molar-refractivity contribution in [2.75, 3.05) is 0 Å². The zero-order valence-corrected chi connectivity index (χ0v) is 23.5. The topological polar surface area (TPSA) is 132 Å². The van der Waals surface area contributed by atoms with E-state index in [1.807, 2.05) is 27.7 Å². The molecule has 0 radical (unpaired) electrons. The van der Waals surface area contributed by atoms with Crippen molar-refractivity contribution in [1.29, 1.82) is 0 Å². The molecule has 0 aromatic carbocycles.